The van der Waals surface area contributed by atoms with Gasteiger partial charge in [-0.2, -0.15) is 0 Å². The second-order valence-corrected chi connectivity index (χ2v) is 7.08. The molecule has 0 unspecified atom stereocenters. The molecule has 0 saturated heterocycles. The van der Waals surface area contributed by atoms with Crippen LogP contribution in [0.4, 0.5) is 4.79 Å². The van der Waals surface area contributed by atoms with Crippen LogP contribution in [-0.2, 0) is 16.0 Å². The normalized spacial score (nSPS) is 12.4. The van der Waals surface area contributed by atoms with E-state index in [0.29, 0.717) is 0 Å². The van der Waals surface area contributed by atoms with Crippen LogP contribution in [0, 0.1) is 0 Å². The zero-order valence-electron chi connectivity index (χ0n) is 15.1. The minimum absolute atomic E-state index is 0.126. The average molecular weight is 360 g/mol. The number of fused-ring (bicyclic) bond motifs is 1. The van der Waals surface area contributed by atoms with Crippen molar-refractivity contribution in [2.24, 2.45) is 0 Å². The zero-order valence-corrected chi connectivity index (χ0v) is 15.1. The van der Waals surface area contributed by atoms with Crippen molar-refractivity contribution in [1.82, 2.24) is 20.9 Å². The number of aromatic nitrogens is 1. The number of para-hydroxylation sites is 1. The first-order valence-electron chi connectivity index (χ1n) is 8.29. The van der Waals surface area contributed by atoms with Crippen molar-refractivity contribution < 1.29 is 19.5 Å². The largest absolute Gasteiger partial charge is 0.480 e. The summed E-state index contributed by atoms with van der Waals surface area (Å²) in [5, 5.41) is 17.8. The summed E-state index contributed by atoms with van der Waals surface area (Å²) in [5.74, 6) is -1.50. The predicted molar refractivity (Wildman–Crippen MR) is 97.9 cm³/mol. The summed E-state index contributed by atoms with van der Waals surface area (Å²) in [7, 11) is 0. The Kier molecular flexibility index (Phi) is 5.86. The lowest BCUT2D eigenvalue weighted by Crippen LogP contribution is -2.51. The van der Waals surface area contributed by atoms with E-state index in [1.165, 1.54) is 0 Å². The van der Waals surface area contributed by atoms with Gasteiger partial charge in [-0.25, -0.2) is 9.59 Å². The molecule has 3 amide bonds. The Balaban J connectivity index is 1.94. The van der Waals surface area contributed by atoms with Gasteiger partial charge in [0, 0.05) is 29.1 Å². The number of benzene rings is 1. The number of nitrogens with one attached hydrogen (secondary N) is 4. The molecule has 0 saturated carbocycles. The molecule has 140 valence electrons. The number of carbonyl (C=O) groups excluding carboxylic acids is 2. The molecule has 8 heteroatoms. The Morgan fingerprint density at radius 2 is 1.88 bits per heavy atom. The second kappa shape index (κ2) is 7.90. The van der Waals surface area contributed by atoms with Crippen LogP contribution in [0.15, 0.2) is 30.5 Å². The Hall–Kier alpha value is -3.03. The molecule has 2 aromatic rings. The zero-order chi connectivity index (χ0) is 19.3. The molecule has 8 nitrogen and oxygen atoms in total. The maximum Gasteiger partial charge on any atom is 0.326 e. The molecule has 1 heterocycles. The number of aromatic amines is 1. The highest BCUT2D eigenvalue weighted by Gasteiger charge is 2.22. The number of carboxylic acids is 1. The van der Waals surface area contributed by atoms with Crippen molar-refractivity contribution in [3.8, 4) is 0 Å². The summed E-state index contributed by atoms with van der Waals surface area (Å²) in [6.07, 6.45) is 1.86. The third kappa shape index (κ3) is 5.51. The maximum absolute atomic E-state index is 11.9. The number of hydrogen-bond donors (Lipinski definition) is 5. The lowest BCUT2D eigenvalue weighted by molar-refractivity contribution is -0.139. The highest BCUT2D eigenvalue weighted by atomic mass is 16.4. The highest BCUT2D eigenvalue weighted by molar-refractivity contribution is 5.88. The summed E-state index contributed by atoms with van der Waals surface area (Å²) in [4.78, 5) is 38.2. The molecule has 0 bridgehead atoms. The van der Waals surface area contributed by atoms with E-state index in [-0.39, 0.29) is 18.9 Å². The Morgan fingerprint density at radius 3 is 2.54 bits per heavy atom. The van der Waals surface area contributed by atoms with Crippen LogP contribution in [0.3, 0.4) is 0 Å². The van der Waals surface area contributed by atoms with Crippen molar-refractivity contribution in [1.29, 1.82) is 0 Å². The molecule has 0 spiro atoms. The molecular weight excluding hydrogens is 336 g/mol. The van der Waals surface area contributed by atoms with Crippen molar-refractivity contribution in [2.75, 3.05) is 6.54 Å². The fraction of sp³-hybridized carbons (Fsp3) is 0.389. The number of carboxylic acid groups (broad SMARTS) is 1. The van der Waals surface area contributed by atoms with Gasteiger partial charge in [-0.15, -0.1) is 0 Å². The number of carbonyl (C=O) groups is 3. The fourth-order valence-corrected chi connectivity index (χ4v) is 2.55. The maximum atomic E-state index is 11.9. The van der Waals surface area contributed by atoms with Crippen LogP contribution in [0.25, 0.3) is 10.9 Å². The molecule has 1 aromatic carbocycles. The van der Waals surface area contributed by atoms with E-state index < -0.39 is 23.6 Å². The number of hydrogen-bond acceptors (Lipinski definition) is 3. The van der Waals surface area contributed by atoms with Gasteiger partial charge in [0.15, 0.2) is 0 Å². The van der Waals surface area contributed by atoms with Gasteiger partial charge in [-0.05, 0) is 32.4 Å². The van der Waals surface area contributed by atoms with Crippen molar-refractivity contribution in [3.63, 3.8) is 0 Å². The molecule has 0 aliphatic heterocycles. The first-order chi connectivity index (χ1) is 12.2. The van der Waals surface area contributed by atoms with Gasteiger partial charge in [0.1, 0.15) is 6.04 Å². The highest BCUT2D eigenvalue weighted by Crippen LogP contribution is 2.19. The lowest BCUT2D eigenvalue weighted by Gasteiger charge is -2.21. The fourth-order valence-electron chi connectivity index (χ4n) is 2.55. The first-order valence-corrected chi connectivity index (χ1v) is 8.29. The van der Waals surface area contributed by atoms with E-state index in [4.69, 9.17) is 0 Å². The summed E-state index contributed by atoms with van der Waals surface area (Å²) >= 11 is 0. The van der Waals surface area contributed by atoms with Gasteiger partial charge in [0.25, 0.3) is 0 Å². The Morgan fingerprint density at radius 1 is 1.19 bits per heavy atom. The molecule has 2 rings (SSSR count). The van der Waals surface area contributed by atoms with Gasteiger partial charge in [-0.3, -0.25) is 4.79 Å². The summed E-state index contributed by atoms with van der Waals surface area (Å²) < 4.78 is 0. The van der Waals surface area contributed by atoms with Crippen molar-refractivity contribution in [2.45, 2.75) is 38.8 Å². The van der Waals surface area contributed by atoms with E-state index >= 15 is 0 Å². The van der Waals surface area contributed by atoms with E-state index in [1.807, 2.05) is 45.0 Å². The van der Waals surface area contributed by atoms with Gasteiger partial charge in [-0.1, -0.05) is 18.2 Å². The number of amides is 3. The van der Waals surface area contributed by atoms with E-state index in [9.17, 15) is 19.5 Å². The van der Waals surface area contributed by atoms with Gasteiger partial charge < -0.3 is 26.0 Å². The number of aliphatic carboxylic acids is 1. The average Bonchev–Trinajstić information content (AvgIpc) is 2.94. The van der Waals surface area contributed by atoms with Crippen LogP contribution in [0.5, 0.6) is 0 Å². The molecule has 0 aliphatic rings. The van der Waals surface area contributed by atoms with Crippen molar-refractivity contribution >= 4 is 28.8 Å². The molecule has 26 heavy (non-hydrogen) atoms. The molecule has 0 fully saturated rings. The van der Waals surface area contributed by atoms with E-state index in [0.717, 1.165) is 16.5 Å². The summed E-state index contributed by atoms with van der Waals surface area (Å²) in [5.41, 5.74) is 1.28. The minimum Gasteiger partial charge on any atom is -0.480 e. The van der Waals surface area contributed by atoms with E-state index in [1.54, 1.807) is 6.20 Å². The van der Waals surface area contributed by atoms with Crippen LogP contribution >= 0.6 is 0 Å². The van der Waals surface area contributed by atoms with Crippen LogP contribution in [0.2, 0.25) is 0 Å². The molecule has 1 aromatic heterocycles. The number of rotatable bonds is 6. The van der Waals surface area contributed by atoms with Crippen LogP contribution in [0.1, 0.15) is 26.3 Å². The lowest BCUT2D eigenvalue weighted by atomic mass is 10.1. The standard InChI is InChI=1S/C18H24N4O4/c1-18(2,3)22-15(23)10-20-17(26)21-14(16(24)25)8-11-9-19-13-7-5-4-6-12(11)13/h4-7,9,14,19H,8,10H2,1-3H3,(H,22,23)(H,24,25)(H2,20,21,26)/t14-/m1/s1. The second-order valence-electron chi connectivity index (χ2n) is 7.08. The van der Waals surface area contributed by atoms with E-state index in [2.05, 4.69) is 20.9 Å². The molecule has 1 atom stereocenters. The molecule has 0 radical (unpaired) electrons. The van der Waals surface area contributed by atoms with Crippen LogP contribution < -0.4 is 16.0 Å². The number of urea groups is 1. The van der Waals surface area contributed by atoms with Gasteiger partial charge in [0.05, 0.1) is 6.54 Å². The minimum atomic E-state index is -1.15. The van der Waals surface area contributed by atoms with Gasteiger partial charge in [0.2, 0.25) is 5.91 Å². The Labute approximate surface area is 151 Å². The number of H-pyrrole nitrogens is 1. The SMILES string of the molecule is CC(C)(C)NC(=O)CNC(=O)N[C@H](Cc1c[nH]c2ccccc12)C(=O)O. The Bertz CT molecular complexity index is 807. The van der Waals surface area contributed by atoms with Gasteiger partial charge >= 0.3 is 12.0 Å². The van der Waals surface area contributed by atoms with Crippen molar-refractivity contribution in [3.05, 3.63) is 36.0 Å². The molecule has 5 N–H and O–H groups in total. The third-order valence-corrected chi connectivity index (χ3v) is 3.63. The topological polar surface area (TPSA) is 123 Å². The predicted octanol–water partition coefficient (Wildman–Crippen LogP) is 1.38. The monoisotopic (exact) mass is 360 g/mol. The smallest absolute Gasteiger partial charge is 0.326 e. The quantitative estimate of drug-likeness (QED) is 0.534. The third-order valence-electron chi connectivity index (χ3n) is 3.63. The molecular formula is C18H24N4O4. The summed E-state index contributed by atoms with van der Waals surface area (Å²) in [6.45, 7) is 5.24. The summed E-state index contributed by atoms with van der Waals surface area (Å²) in [6, 6.07) is 5.70. The molecule has 0 aliphatic carbocycles. The van der Waals surface area contributed by atoms with Crippen LogP contribution in [-0.4, -0.2) is 46.1 Å². The first kappa shape index (κ1) is 19.3.